The number of allylic oxidation sites excluding steroid dienone is 1. The van der Waals surface area contributed by atoms with E-state index in [1.54, 1.807) is 19.1 Å². The molecule has 0 unspecified atom stereocenters. The van der Waals surface area contributed by atoms with Crippen LogP contribution < -0.4 is 5.32 Å². The molecule has 2 aliphatic rings. The molecule has 1 fully saturated rings. The predicted octanol–water partition coefficient (Wildman–Crippen LogP) is 2.84. The number of nitro benzene ring substituents is 1. The van der Waals surface area contributed by atoms with Crippen molar-refractivity contribution >= 4 is 29.0 Å². The Bertz CT molecular complexity index is 820. The molecule has 9 heteroatoms. The Morgan fingerprint density at radius 3 is 2.93 bits per heavy atom. The highest BCUT2D eigenvalue weighted by molar-refractivity contribution is 7.80. The van der Waals surface area contributed by atoms with Gasteiger partial charge in [-0.15, -0.1) is 0 Å². The lowest BCUT2D eigenvalue weighted by Crippen LogP contribution is -2.50. The highest BCUT2D eigenvalue weighted by Crippen LogP contribution is 2.33. The minimum Gasteiger partial charge on any atom is -0.463 e. The van der Waals surface area contributed by atoms with Crippen LogP contribution in [0.1, 0.15) is 38.3 Å². The summed E-state index contributed by atoms with van der Waals surface area (Å²) in [5.41, 5.74) is 1.60. The first-order chi connectivity index (χ1) is 13.4. The van der Waals surface area contributed by atoms with Crippen molar-refractivity contribution in [1.82, 2.24) is 10.2 Å². The second-order valence-electron chi connectivity index (χ2n) is 6.70. The van der Waals surface area contributed by atoms with Gasteiger partial charge in [0.05, 0.1) is 35.8 Å². The van der Waals surface area contributed by atoms with E-state index in [2.05, 4.69) is 5.32 Å². The number of benzene rings is 1. The molecule has 0 amide bonds. The standard InChI is InChI=1S/C19H23N3O5S/c1-3-26-18(23)16-12(2)21(11-15-8-5-9-27-15)19(28)20-17(16)13-6-4-7-14(10-13)22(24)25/h4,6-7,10,15,17H,3,5,8-9,11H2,1-2H3,(H,20,28)/t15-,17-/m0/s1. The SMILES string of the molecule is CCOC(=O)C1=C(C)N(C[C@@H]2CCCO2)C(=S)N[C@H]1c1cccc([N+](=O)[O-])c1. The zero-order valence-electron chi connectivity index (χ0n) is 15.8. The van der Waals surface area contributed by atoms with Crippen LogP contribution in [-0.4, -0.2) is 46.8 Å². The predicted molar refractivity (Wildman–Crippen MR) is 107 cm³/mol. The Kier molecular flexibility index (Phi) is 6.25. The lowest BCUT2D eigenvalue weighted by Gasteiger charge is -2.38. The quantitative estimate of drug-likeness (QED) is 0.334. The average Bonchev–Trinajstić information content (AvgIpc) is 3.18. The summed E-state index contributed by atoms with van der Waals surface area (Å²) in [5, 5.41) is 14.8. The summed E-state index contributed by atoms with van der Waals surface area (Å²) in [6.07, 6.45) is 1.99. The minimum absolute atomic E-state index is 0.0483. The van der Waals surface area contributed by atoms with E-state index in [1.807, 2.05) is 11.8 Å². The van der Waals surface area contributed by atoms with Gasteiger partial charge in [-0.25, -0.2) is 4.79 Å². The van der Waals surface area contributed by atoms with E-state index in [-0.39, 0.29) is 18.4 Å². The van der Waals surface area contributed by atoms with Crippen LogP contribution in [-0.2, 0) is 14.3 Å². The maximum Gasteiger partial charge on any atom is 0.338 e. The van der Waals surface area contributed by atoms with E-state index < -0.39 is 16.9 Å². The summed E-state index contributed by atoms with van der Waals surface area (Å²) < 4.78 is 11.0. The third-order valence-electron chi connectivity index (χ3n) is 4.92. The summed E-state index contributed by atoms with van der Waals surface area (Å²) in [6, 6.07) is 5.56. The van der Waals surface area contributed by atoms with E-state index in [1.165, 1.54) is 12.1 Å². The number of non-ortho nitro benzene ring substituents is 1. The van der Waals surface area contributed by atoms with Gasteiger partial charge < -0.3 is 19.7 Å². The number of nitro groups is 1. The molecule has 0 saturated carbocycles. The first kappa shape index (κ1) is 20.2. The first-order valence-corrected chi connectivity index (χ1v) is 9.65. The molecule has 2 atom stereocenters. The van der Waals surface area contributed by atoms with Crippen molar-refractivity contribution in [1.29, 1.82) is 0 Å². The van der Waals surface area contributed by atoms with Crippen LogP contribution in [0, 0.1) is 10.1 Å². The van der Waals surface area contributed by atoms with Crippen molar-refractivity contribution in [2.24, 2.45) is 0 Å². The molecule has 0 aliphatic carbocycles. The third kappa shape index (κ3) is 4.15. The van der Waals surface area contributed by atoms with Crippen molar-refractivity contribution < 1.29 is 19.2 Å². The molecular formula is C19H23N3O5S. The van der Waals surface area contributed by atoms with Crippen LogP contribution in [0.2, 0.25) is 0 Å². The second kappa shape index (κ2) is 8.66. The topological polar surface area (TPSA) is 93.9 Å². The molecular weight excluding hydrogens is 382 g/mol. The summed E-state index contributed by atoms with van der Waals surface area (Å²) in [5.74, 6) is -0.469. The Hall–Kier alpha value is -2.52. The van der Waals surface area contributed by atoms with Gasteiger partial charge in [-0.05, 0) is 44.5 Å². The number of hydrogen-bond donors (Lipinski definition) is 1. The molecule has 0 bridgehead atoms. The molecule has 150 valence electrons. The fraction of sp³-hybridized carbons (Fsp3) is 0.474. The molecule has 0 radical (unpaired) electrons. The minimum atomic E-state index is -0.618. The van der Waals surface area contributed by atoms with Gasteiger partial charge in [-0.1, -0.05) is 12.1 Å². The van der Waals surface area contributed by atoms with Gasteiger partial charge in [0.25, 0.3) is 5.69 Å². The number of hydrogen-bond acceptors (Lipinski definition) is 6. The number of nitrogens with one attached hydrogen (secondary N) is 1. The molecule has 3 rings (SSSR count). The monoisotopic (exact) mass is 405 g/mol. The molecule has 0 spiro atoms. The van der Waals surface area contributed by atoms with E-state index >= 15 is 0 Å². The summed E-state index contributed by atoms with van der Waals surface area (Å²) in [7, 11) is 0. The molecule has 0 aromatic heterocycles. The van der Waals surface area contributed by atoms with Gasteiger partial charge in [-0.3, -0.25) is 10.1 Å². The van der Waals surface area contributed by atoms with Crippen molar-refractivity contribution in [3.63, 3.8) is 0 Å². The van der Waals surface area contributed by atoms with E-state index in [0.717, 1.165) is 19.4 Å². The van der Waals surface area contributed by atoms with Crippen LogP contribution in [0.4, 0.5) is 5.69 Å². The third-order valence-corrected chi connectivity index (χ3v) is 5.25. The number of nitrogens with zero attached hydrogens (tertiary/aromatic N) is 2. The lowest BCUT2D eigenvalue weighted by atomic mass is 9.94. The lowest BCUT2D eigenvalue weighted by molar-refractivity contribution is -0.384. The van der Waals surface area contributed by atoms with Crippen molar-refractivity contribution in [2.75, 3.05) is 19.8 Å². The van der Waals surface area contributed by atoms with Gasteiger partial charge in [0.2, 0.25) is 0 Å². The number of carbonyl (C=O) groups is 1. The summed E-state index contributed by atoms with van der Waals surface area (Å²) >= 11 is 5.54. The highest BCUT2D eigenvalue weighted by Gasteiger charge is 2.36. The van der Waals surface area contributed by atoms with Crippen LogP contribution in [0.15, 0.2) is 35.5 Å². The number of ether oxygens (including phenoxy) is 2. The normalized spacial score (nSPS) is 22.2. The van der Waals surface area contributed by atoms with Crippen molar-refractivity contribution in [2.45, 2.75) is 38.8 Å². The van der Waals surface area contributed by atoms with Gasteiger partial charge in [0.15, 0.2) is 5.11 Å². The van der Waals surface area contributed by atoms with Gasteiger partial charge in [-0.2, -0.15) is 0 Å². The molecule has 1 N–H and O–H groups in total. The number of carbonyl (C=O) groups excluding carboxylic acids is 1. The largest absolute Gasteiger partial charge is 0.463 e. The van der Waals surface area contributed by atoms with Gasteiger partial charge in [0.1, 0.15) is 0 Å². The van der Waals surface area contributed by atoms with Crippen molar-refractivity contribution in [3.05, 3.63) is 51.2 Å². The van der Waals surface area contributed by atoms with Gasteiger partial charge in [0, 0.05) is 24.4 Å². The maximum atomic E-state index is 12.7. The van der Waals surface area contributed by atoms with Crippen LogP contribution in [0.3, 0.4) is 0 Å². The zero-order chi connectivity index (χ0) is 20.3. The molecule has 2 heterocycles. The molecule has 28 heavy (non-hydrogen) atoms. The first-order valence-electron chi connectivity index (χ1n) is 9.24. The maximum absolute atomic E-state index is 12.7. The summed E-state index contributed by atoms with van der Waals surface area (Å²) in [4.78, 5) is 25.3. The molecule has 8 nitrogen and oxygen atoms in total. The summed E-state index contributed by atoms with van der Waals surface area (Å²) in [6.45, 7) is 5.05. The Labute approximate surface area is 168 Å². The number of rotatable bonds is 6. The molecule has 1 aromatic rings. The fourth-order valence-corrected chi connectivity index (χ4v) is 3.86. The van der Waals surface area contributed by atoms with E-state index in [4.69, 9.17) is 21.7 Å². The Morgan fingerprint density at radius 1 is 1.50 bits per heavy atom. The van der Waals surface area contributed by atoms with Crippen molar-refractivity contribution in [3.8, 4) is 0 Å². The Morgan fingerprint density at radius 2 is 2.29 bits per heavy atom. The average molecular weight is 405 g/mol. The molecule has 2 aliphatic heterocycles. The molecule has 1 aromatic carbocycles. The zero-order valence-corrected chi connectivity index (χ0v) is 16.7. The fourth-order valence-electron chi connectivity index (χ4n) is 3.53. The van der Waals surface area contributed by atoms with Crippen LogP contribution in [0.25, 0.3) is 0 Å². The van der Waals surface area contributed by atoms with Crippen LogP contribution in [0.5, 0.6) is 0 Å². The highest BCUT2D eigenvalue weighted by atomic mass is 32.1. The molecule has 1 saturated heterocycles. The van der Waals surface area contributed by atoms with E-state index in [9.17, 15) is 14.9 Å². The smallest absolute Gasteiger partial charge is 0.338 e. The van der Waals surface area contributed by atoms with Gasteiger partial charge >= 0.3 is 5.97 Å². The number of esters is 1. The van der Waals surface area contributed by atoms with Crippen LogP contribution >= 0.6 is 12.2 Å². The second-order valence-corrected chi connectivity index (χ2v) is 7.09. The number of thiocarbonyl (C=S) groups is 1. The Balaban J connectivity index is 2.00. The van der Waals surface area contributed by atoms with E-state index in [0.29, 0.717) is 28.5 Å².